The zero-order chi connectivity index (χ0) is 3.41. The van der Waals surface area contributed by atoms with Crippen LogP contribution >= 0.6 is 23.2 Å². The Morgan fingerprint density at radius 1 is 1.00 bits per heavy atom. The van der Waals surface area contributed by atoms with Crippen molar-refractivity contribution in [3.8, 4) is 0 Å². The third-order valence-electron chi connectivity index (χ3n) is 0.0714. The SMILES string of the molecule is ClCCCl.[AsH3]. The standard InChI is InChI=1S/C2H4Cl2.AsH3/c3-1-2-4;/h1-2H2;1H3. The van der Waals surface area contributed by atoms with Crippen molar-refractivity contribution in [1.29, 1.82) is 0 Å². The fourth-order valence-corrected chi connectivity index (χ4v) is 0. The molecule has 0 amide bonds. The molecule has 0 aliphatic heterocycles. The summed E-state index contributed by atoms with van der Waals surface area (Å²) < 4.78 is 0. The van der Waals surface area contributed by atoms with E-state index in [1.165, 1.54) is 0 Å². The van der Waals surface area contributed by atoms with Crippen LogP contribution < -0.4 is 0 Å². The van der Waals surface area contributed by atoms with Crippen molar-refractivity contribution in [2.24, 2.45) is 0 Å². The second-order valence-corrected chi connectivity index (χ2v) is 1.13. The summed E-state index contributed by atoms with van der Waals surface area (Å²) in [5.74, 6) is 1.11. The van der Waals surface area contributed by atoms with Crippen LogP contribution in [0.3, 0.4) is 0 Å². The van der Waals surface area contributed by atoms with Crippen LogP contribution in [-0.2, 0) is 0 Å². The monoisotopic (exact) mass is 176 g/mol. The number of alkyl halides is 2. The van der Waals surface area contributed by atoms with Crippen molar-refractivity contribution < 1.29 is 0 Å². The Labute approximate surface area is 53.1 Å². The third-order valence-corrected chi connectivity index (χ3v) is 0.643. The molecule has 0 spiro atoms. The van der Waals surface area contributed by atoms with E-state index in [0.717, 1.165) is 0 Å². The van der Waals surface area contributed by atoms with Crippen molar-refractivity contribution >= 4 is 41.2 Å². The Morgan fingerprint density at radius 2 is 1.20 bits per heavy atom. The molecule has 5 heavy (non-hydrogen) atoms. The molecule has 0 bridgehead atoms. The van der Waals surface area contributed by atoms with Crippen LogP contribution in [0.1, 0.15) is 0 Å². The second kappa shape index (κ2) is 8.93. The number of hydrogen-bond acceptors (Lipinski definition) is 0. The van der Waals surface area contributed by atoms with E-state index in [1.54, 1.807) is 0 Å². The third kappa shape index (κ3) is 11.1. The van der Waals surface area contributed by atoms with E-state index in [2.05, 4.69) is 0 Å². The maximum atomic E-state index is 5.05. The van der Waals surface area contributed by atoms with Crippen LogP contribution in [0.25, 0.3) is 0 Å². The van der Waals surface area contributed by atoms with Gasteiger partial charge in [-0.25, -0.2) is 0 Å². The van der Waals surface area contributed by atoms with Gasteiger partial charge in [0.15, 0.2) is 0 Å². The fourth-order valence-electron chi connectivity index (χ4n) is 0. The molecular weight excluding hydrogens is 170 g/mol. The predicted molar refractivity (Wildman–Crippen MR) is 31.4 cm³/mol. The molecule has 0 saturated heterocycles. The molecule has 0 aliphatic carbocycles. The molecule has 0 N–H and O–H groups in total. The summed E-state index contributed by atoms with van der Waals surface area (Å²) in [6.45, 7) is 0. The van der Waals surface area contributed by atoms with Crippen molar-refractivity contribution in [2.45, 2.75) is 0 Å². The maximum absolute atomic E-state index is 5.05. The van der Waals surface area contributed by atoms with Crippen LogP contribution in [0, 0.1) is 0 Å². The van der Waals surface area contributed by atoms with Crippen LogP contribution in [0.4, 0.5) is 0 Å². The molecule has 1 atom stereocenters. The van der Waals surface area contributed by atoms with Crippen LogP contribution in [0.15, 0.2) is 0 Å². The van der Waals surface area contributed by atoms with Gasteiger partial charge in [0.05, 0.1) is 0 Å². The van der Waals surface area contributed by atoms with E-state index in [9.17, 15) is 0 Å². The first-order chi connectivity index (χ1) is 1.91. The molecule has 34 valence electrons. The normalized spacial score (nSPS) is 6.00. The molecular formula is C2H7AsCl2. The predicted octanol–water partition coefficient (Wildman–Crippen LogP) is 0.280. The molecule has 0 heterocycles. The van der Waals surface area contributed by atoms with E-state index in [0.29, 0.717) is 11.8 Å². The molecule has 0 nitrogen and oxygen atoms in total. The summed E-state index contributed by atoms with van der Waals surface area (Å²) in [7, 11) is 0. The van der Waals surface area contributed by atoms with Crippen LogP contribution in [0.5, 0.6) is 0 Å². The first kappa shape index (κ1) is 9.46. The first-order valence-corrected chi connectivity index (χ1v) is 2.10. The van der Waals surface area contributed by atoms with Gasteiger partial charge in [-0.3, -0.25) is 0 Å². The van der Waals surface area contributed by atoms with Crippen LogP contribution in [0.2, 0.25) is 0 Å². The molecule has 0 aliphatic rings. The molecule has 1 unspecified atom stereocenters. The van der Waals surface area contributed by atoms with Crippen LogP contribution in [-0.4, -0.2) is 29.7 Å². The van der Waals surface area contributed by atoms with E-state index in [4.69, 9.17) is 23.2 Å². The van der Waals surface area contributed by atoms with Gasteiger partial charge in [0.25, 0.3) is 0 Å². The zero-order valence-electron chi connectivity index (χ0n) is 2.88. The molecule has 0 radical (unpaired) electrons. The minimum atomic E-state index is 0. The van der Waals surface area contributed by atoms with Gasteiger partial charge in [-0.05, 0) is 0 Å². The Balaban J connectivity index is 0. The number of halogens is 2. The van der Waals surface area contributed by atoms with Gasteiger partial charge in [-0.1, -0.05) is 0 Å². The topological polar surface area (TPSA) is 0 Å². The summed E-state index contributed by atoms with van der Waals surface area (Å²) >= 11 is 10.1. The van der Waals surface area contributed by atoms with E-state index >= 15 is 0 Å². The van der Waals surface area contributed by atoms with Gasteiger partial charge in [0.2, 0.25) is 0 Å². The molecule has 0 aromatic rings. The van der Waals surface area contributed by atoms with Gasteiger partial charge < -0.3 is 0 Å². The molecule has 0 aromatic carbocycles. The summed E-state index contributed by atoms with van der Waals surface area (Å²) in [6, 6.07) is 0. The average molecular weight is 177 g/mol. The fraction of sp³-hybridized carbons (Fsp3) is 1.00. The summed E-state index contributed by atoms with van der Waals surface area (Å²) in [6.07, 6.45) is 0. The molecule has 0 aromatic heterocycles. The zero-order valence-corrected chi connectivity index (χ0v) is 7.36. The Morgan fingerprint density at radius 3 is 1.20 bits per heavy atom. The van der Waals surface area contributed by atoms with E-state index in [1.807, 2.05) is 0 Å². The molecule has 0 rings (SSSR count). The van der Waals surface area contributed by atoms with Crippen molar-refractivity contribution in [1.82, 2.24) is 0 Å². The van der Waals surface area contributed by atoms with Crippen molar-refractivity contribution in [3.05, 3.63) is 0 Å². The second-order valence-electron chi connectivity index (χ2n) is 0.378. The van der Waals surface area contributed by atoms with Gasteiger partial charge >= 0.3 is 18.0 Å². The average Bonchev–Trinajstić information content (AvgIpc) is 1.37. The Kier molecular flexibility index (Phi) is 16.9. The molecule has 0 saturated carbocycles. The van der Waals surface area contributed by atoms with E-state index < -0.39 is 0 Å². The van der Waals surface area contributed by atoms with Gasteiger partial charge in [-0.15, -0.1) is 23.2 Å². The minimum absolute atomic E-state index is 0. The summed E-state index contributed by atoms with van der Waals surface area (Å²) in [5, 5.41) is 0. The number of rotatable bonds is 1. The Hall–Kier alpha value is 1.14. The molecule has 0 fully saturated rings. The van der Waals surface area contributed by atoms with Gasteiger partial charge in [-0.2, -0.15) is 0 Å². The summed E-state index contributed by atoms with van der Waals surface area (Å²) in [5.41, 5.74) is 0. The molecule has 3 heteroatoms. The summed E-state index contributed by atoms with van der Waals surface area (Å²) in [4.78, 5) is 0. The quantitative estimate of drug-likeness (QED) is 0.398. The van der Waals surface area contributed by atoms with Gasteiger partial charge in [0.1, 0.15) is 0 Å². The Bertz CT molecular complexity index is 9.61. The van der Waals surface area contributed by atoms with Crippen molar-refractivity contribution in [3.63, 3.8) is 0 Å². The van der Waals surface area contributed by atoms with E-state index in [-0.39, 0.29) is 18.0 Å². The first-order valence-electron chi connectivity index (χ1n) is 1.03. The number of hydrogen-bond donors (Lipinski definition) is 0. The van der Waals surface area contributed by atoms with Crippen molar-refractivity contribution in [2.75, 3.05) is 11.8 Å². The van der Waals surface area contributed by atoms with Gasteiger partial charge in [0, 0.05) is 11.8 Å².